The number of hydroxylamine groups is 1. The molecule has 0 bridgehead atoms. The Morgan fingerprint density at radius 3 is 1.87 bits per heavy atom. The Morgan fingerprint density at radius 1 is 0.903 bits per heavy atom. The summed E-state index contributed by atoms with van der Waals surface area (Å²) in [5, 5.41) is 2.45. The summed E-state index contributed by atoms with van der Waals surface area (Å²) in [5.41, 5.74) is -2.20. The summed E-state index contributed by atoms with van der Waals surface area (Å²) >= 11 is 0. The molecule has 2 aromatic rings. The van der Waals surface area contributed by atoms with Gasteiger partial charge in [0, 0.05) is 11.3 Å². The lowest BCUT2D eigenvalue weighted by Crippen LogP contribution is -2.35. The fourth-order valence-electron chi connectivity index (χ4n) is 2.26. The van der Waals surface area contributed by atoms with Crippen LogP contribution in [0.15, 0.2) is 42.5 Å². The van der Waals surface area contributed by atoms with Gasteiger partial charge in [0.25, 0.3) is 11.8 Å². The monoisotopic (exact) mass is 450 g/mol. The maximum absolute atomic E-state index is 12.9. The standard InChI is InChI=1S/C19H16F6N2O4/c1-10(16(28)26-14-3-5-15(30-2)6-4-14)31-27-17(29)11-7-12(18(20,21)22)9-13(8-11)19(23,24)25/h3-10H,1-2H3,(H,26,28)(H,27,29)/t10-/m1/s1. The van der Waals surface area contributed by atoms with E-state index in [0.29, 0.717) is 11.4 Å². The number of benzene rings is 2. The fourth-order valence-corrected chi connectivity index (χ4v) is 2.26. The Hall–Kier alpha value is -3.28. The van der Waals surface area contributed by atoms with Gasteiger partial charge >= 0.3 is 12.4 Å². The molecule has 0 fully saturated rings. The Morgan fingerprint density at radius 2 is 1.42 bits per heavy atom. The topological polar surface area (TPSA) is 76.7 Å². The van der Waals surface area contributed by atoms with E-state index in [2.05, 4.69) is 5.32 Å². The zero-order valence-electron chi connectivity index (χ0n) is 16.0. The number of nitrogens with one attached hydrogen (secondary N) is 2. The van der Waals surface area contributed by atoms with Crippen LogP contribution in [0.5, 0.6) is 5.75 Å². The van der Waals surface area contributed by atoms with Gasteiger partial charge in [-0.15, -0.1) is 0 Å². The first-order valence-corrected chi connectivity index (χ1v) is 8.51. The number of alkyl halides is 6. The van der Waals surface area contributed by atoms with Crippen LogP contribution in [0.3, 0.4) is 0 Å². The first-order chi connectivity index (χ1) is 14.3. The summed E-state index contributed by atoms with van der Waals surface area (Å²) in [5.74, 6) is -1.58. The van der Waals surface area contributed by atoms with E-state index >= 15 is 0 Å². The molecule has 31 heavy (non-hydrogen) atoms. The van der Waals surface area contributed by atoms with Crippen LogP contribution in [0.25, 0.3) is 0 Å². The van der Waals surface area contributed by atoms with Crippen molar-refractivity contribution in [3.8, 4) is 5.75 Å². The van der Waals surface area contributed by atoms with Gasteiger partial charge in [0.2, 0.25) is 0 Å². The number of ether oxygens (including phenoxy) is 1. The van der Waals surface area contributed by atoms with Crippen molar-refractivity contribution in [2.75, 3.05) is 12.4 Å². The minimum absolute atomic E-state index is 0.109. The normalized spacial score (nSPS) is 12.8. The predicted molar refractivity (Wildman–Crippen MR) is 96.1 cm³/mol. The Kier molecular flexibility index (Phi) is 7.16. The van der Waals surface area contributed by atoms with Gasteiger partial charge in [0.15, 0.2) is 6.10 Å². The quantitative estimate of drug-likeness (QED) is 0.505. The Balaban J connectivity index is 2.07. The van der Waals surface area contributed by atoms with Gasteiger partial charge in [-0.2, -0.15) is 26.3 Å². The van der Waals surface area contributed by atoms with E-state index in [1.807, 2.05) is 0 Å². The Bertz CT molecular complexity index is 910. The van der Waals surface area contributed by atoms with Crippen LogP contribution in [0.1, 0.15) is 28.4 Å². The highest BCUT2D eigenvalue weighted by Crippen LogP contribution is 2.36. The number of halogens is 6. The van der Waals surface area contributed by atoms with Crippen LogP contribution in [-0.4, -0.2) is 25.0 Å². The van der Waals surface area contributed by atoms with Gasteiger partial charge < -0.3 is 10.1 Å². The molecule has 12 heteroatoms. The molecular weight excluding hydrogens is 434 g/mol. The lowest BCUT2D eigenvalue weighted by Gasteiger charge is -2.16. The molecule has 2 N–H and O–H groups in total. The second kappa shape index (κ2) is 9.25. The molecule has 0 aliphatic heterocycles. The van der Waals surface area contributed by atoms with Crippen molar-refractivity contribution in [3.05, 3.63) is 59.2 Å². The third-order valence-electron chi connectivity index (χ3n) is 3.91. The lowest BCUT2D eigenvalue weighted by molar-refractivity contribution is -0.143. The molecule has 0 saturated carbocycles. The van der Waals surface area contributed by atoms with E-state index in [0.717, 1.165) is 0 Å². The van der Waals surface area contributed by atoms with Gasteiger partial charge in [-0.05, 0) is 49.4 Å². The summed E-state index contributed by atoms with van der Waals surface area (Å²) in [6, 6.07) is 6.55. The molecule has 0 heterocycles. The summed E-state index contributed by atoms with van der Waals surface area (Å²) < 4.78 is 82.3. The van der Waals surface area contributed by atoms with Crippen molar-refractivity contribution in [1.82, 2.24) is 5.48 Å². The van der Waals surface area contributed by atoms with Crippen LogP contribution in [0.2, 0.25) is 0 Å². The molecule has 1 atom stereocenters. The fraction of sp³-hybridized carbons (Fsp3) is 0.263. The molecule has 0 aromatic heterocycles. The number of methoxy groups -OCH3 is 1. The van der Waals surface area contributed by atoms with E-state index in [1.54, 1.807) is 17.6 Å². The van der Waals surface area contributed by atoms with E-state index < -0.39 is 47.0 Å². The lowest BCUT2D eigenvalue weighted by atomic mass is 10.0. The maximum Gasteiger partial charge on any atom is 0.416 e. The van der Waals surface area contributed by atoms with Crippen LogP contribution in [-0.2, 0) is 22.0 Å². The van der Waals surface area contributed by atoms with E-state index in [9.17, 15) is 35.9 Å². The van der Waals surface area contributed by atoms with Crippen LogP contribution < -0.4 is 15.5 Å². The second-order valence-electron chi connectivity index (χ2n) is 6.20. The molecule has 2 amide bonds. The number of carbonyl (C=O) groups excluding carboxylic acids is 2. The van der Waals surface area contributed by atoms with E-state index in [4.69, 9.17) is 9.57 Å². The van der Waals surface area contributed by atoms with Crippen LogP contribution in [0.4, 0.5) is 32.0 Å². The van der Waals surface area contributed by atoms with Gasteiger partial charge in [-0.25, -0.2) is 5.48 Å². The van der Waals surface area contributed by atoms with Gasteiger partial charge in [0.1, 0.15) is 5.75 Å². The van der Waals surface area contributed by atoms with Crippen molar-refractivity contribution in [2.45, 2.75) is 25.4 Å². The third kappa shape index (κ3) is 6.60. The maximum atomic E-state index is 12.9. The molecule has 0 aliphatic rings. The van der Waals surface area contributed by atoms with Gasteiger partial charge in [-0.1, -0.05) is 0 Å². The molecule has 0 unspecified atom stereocenters. The summed E-state index contributed by atoms with van der Waals surface area (Å²) in [4.78, 5) is 28.9. The van der Waals surface area contributed by atoms with Gasteiger partial charge in [-0.3, -0.25) is 14.4 Å². The molecule has 0 saturated heterocycles. The molecule has 0 aliphatic carbocycles. The zero-order chi connectivity index (χ0) is 23.4. The van der Waals surface area contributed by atoms with Crippen LogP contribution >= 0.6 is 0 Å². The number of anilines is 1. The summed E-state index contributed by atoms with van der Waals surface area (Å²) in [6.07, 6.45) is -11.5. The smallest absolute Gasteiger partial charge is 0.416 e. The summed E-state index contributed by atoms with van der Waals surface area (Å²) in [7, 11) is 1.45. The largest absolute Gasteiger partial charge is 0.497 e. The molecular formula is C19H16F6N2O4. The van der Waals surface area contributed by atoms with Crippen molar-refractivity contribution >= 4 is 17.5 Å². The van der Waals surface area contributed by atoms with Crippen molar-refractivity contribution in [2.24, 2.45) is 0 Å². The van der Waals surface area contributed by atoms with Gasteiger partial charge in [0.05, 0.1) is 18.2 Å². The van der Waals surface area contributed by atoms with E-state index in [1.165, 1.54) is 26.2 Å². The number of carbonyl (C=O) groups is 2. The third-order valence-corrected chi connectivity index (χ3v) is 3.91. The highest BCUT2D eigenvalue weighted by Gasteiger charge is 2.37. The Labute approximate surface area is 172 Å². The average molecular weight is 450 g/mol. The highest BCUT2D eigenvalue weighted by molar-refractivity contribution is 5.95. The highest BCUT2D eigenvalue weighted by atomic mass is 19.4. The molecule has 2 rings (SSSR count). The number of hydrogen-bond acceptors (Lipinski definition) is 4. The average Bonchev–Trinajstić information content (AvgIpc) is 2.70. The number of hydrogen-bond donors (Lipinski definition) is 2. The molecule has 6 nitrogen and oxygen atoms in total. The predicted octanol–water partition coefficient (Wildman–Crippen LogP) is 4.42. The van der Waals surface area contributed by atoms with E-state index in [-0.39, 0.29) is 18.2 Å². The second-order valence-corrected chi connectivity index (χ2v) is 6.20. The molecule has 168 valence electrons. The first-order valence-electron chi connectivity index (χ1n) is 8.51. The summed E-state index contributed by atoms with van der Waals surface area (Å²) in [6.45, 7) is 1.21. The minimum Gasteiger partial charge on any atom is -0.497 e. The van der Waals surface area contributed by atoms with Crippen molar-refractivity contribution in [1.29, 1.82) is 0 Å². The first kappa shape index (κ1) is 24.0. The number of rotatable bonds is 6. The van der Waals surface area contributed by atoms with Crippen molar-refractivity contribution in [3.63, 3.8) is 0 Å². The molecule has 2 aromatic carbocycles. The number of amides is 2. The van der Waals surface area contributed by atoms with Crippen molar-refractivity contribution < 1.29 is 45.5 Å². The minimum atomic E-state index is -5.11. The molecule has 0 radical (unpaired) electrons. The zero-order valence-corrected chi connectivity index (χ0v) is 16.0. The SMILES string of the molecule is COc1ccc(NC(=O)[C@@H](C)ONC(=O)c2cc(C(F)(F)F)cc(C(F)(F)F)c2)cc1. The molecule has 0 spiro atoms. The van der Waals surface area contributed by atoms with Crippen LogP contribution in [0, 0.1) is 0 Å².